The van der Waals surface area contributed by atoms with Crippen LogP contribution in [-0.4, -0.2) is 73.8 Å². The molecule has 3 rings (SSSR count). The van der Waals surface area contributed by atoms with Gasteiger partial charge in [0.25, 0.3) is 0 Å². The van der Waals surface area contributed by atoms with E-state index in [0.29, 0.717) is 30.1 Å². The molecule has 9 heteroatoms. The van der Waals surface area contributed by atoms with Crippen LogP contribution in [0.1, 0.15) is 25.8 Å². The summed E-state index contributed by atoms with van der Waals surface area (Å²) < 4.78 is 7.24. The Balaban J connectivity index is 1.56. The zero-order valence-electron chi connectivity index (χ0n) is 11.9. The van der Waals surface area contributed by atoms with Gasteiger partial charge in [-0.1, -0.05) is 11.8 Å². The van der Waals surface area contributed by atoms with Crippen LogP contribution in [-0.2, 0) is 9.53 Å². The monoisotopic (exact) mass is 313 g/mol. The summed E-state index contributed by atoms with van der Waals surface area (Å²) in [7, 11) is 0. The van der Waals surface area contributed by atoms with Crippen LogP contribution >= 0.6 is 11.8 Å². The van der Waals surface area contributed by atoms with E-state index in [1.165, 1.54) is 11.8 Å². The van der Waals surface area contributed by atoms with Crippen LogP contribution in [0, 0.1) is 0 Å². The zero-order valence-corrected chi connectivity index (χ0v) is 12.7. The van der Waals surface area contributed by atoms with Crippen LogP contribution in [0.2, 0.25) is 0 Å². The lowest BCUT2D eigenvalue weighted by atomic mass is 10.2. The summed E-state index contributed by atoms with van der Waals surface area (Å²) in [6.07, 6.45) is 1.92. The van der Waals surface area contributed by atoms with Crippen LogP contribution in [0.3, 0.4) is 0 Å². The number of aliphatic hydroxyl groups excluding tert-OH is 1. The lowest BCUT2D eigenvalue weighted by molar-refractivity contribution is -0.143. The number of hydrogen-bond acceptors (Lipinski definition) is 7. The second-order valence-electron chi connectivity index (χ2n) is 5.46. The maximum absolute atomic E-state index is 12.4. The third-order valence-corrected chi connectivity index (χ3v) is 4.63. The first-order chi connectivity index (χ1) is 10.2. The molecule has 8 nitrogen and oxygen atoms in total. The predicted molar refractivity (Wildman–Crippen MR) is 74.8 cm³/mol. The summed E-state index contributed by atoms with van der Waals surface area (Å²) in [6, 6.07) is 0.430. The van der Waals surface area contributed by atoms with Crippen LogP contribution in [0.4, 0.5) is 0 Å². The lowest BCUT2D eigenvalue weighted by Crippen LogP contribution is -2.52. The van der Waals surface area contributed by atoms with Gasteiger partial charge in [0.05, 0.1) is 37.2 Å². The number of nitrogens with zero attached hydrogens (tertiary/aromatic N) is 5. The molecule has 1 aromatic rings. The fourth-order valence-corrected chi connectivity index (χ4v) is 3.14. The van der Waals surface area contributed by atoms with Gasteiger partial charge in [-0.15, -0.1) is 5.10 Å². The SMILES string of the molecule is CC1COC(CO)CN1C(=O)CSc1nnnn1C1CC1. The first kappa shape index (κ1) is 14.7. The van der Waals surface area contributed by atoms with Crippen LogP contribution in [0.5, 0.6) is 0 Å². The van der Waals surface area contributed by atoms with Gasteiger partial charge in [0.1, 0.15) is 0 Å². The topological polar surface area (TPSA) is 93.4 Å². The Kier molecular flexibility index (Phi) is 4.41. The van der Waals surface area contributed by atoms with Gasteiger partial charge in [-0.2, -0.15) is 0 Å². The Morgan fingerprint density at radius 2 is 2.33 bits per heavy atom. The number of hydrogen-bond donors (Lipinski definition) is 1. The van der Waals surface area contributed by atoms with Gasteiger partial charge in [0.2, 0.25) is 11.1 Å². The van der Waals surface area contributed by atoms with Crippen molar-refractivity contribution in [2.24, 2.45) is 0 Å². The molecule has 2 heterocycles. The Labute approximate surface area is 126 Å². The van der Waals surface area contributed by atoms with E-state index in [2.05, 4.69) is 15.5 Å². The first-order valence-corrected chi connectivity index (χ1v) is 8.10. The number of carbonyl (C=O) groups excluding carboxylic acids is 1. The third-order valence-electron chi connectivity index (χ3n) is 3.71. The standard InChI is InChI=1S/C12H19N5O3S/c1-8-6-20-10(5-18)4-16(8)11(19)7-21-12-13-14-15-17(12)9-2-3-9/h8-10,18H,2-7H2,1H3. The number of aromatic nitrogens is 4. The Hall–Kier alpha value is -1.19. The van der Waals surface area contributed by atoms with Gasteiger partial charge in [0.15, 0.2) is 0 Å². The van der Waals surface area contributed by atoms with Crippen LogP contribution in [0.15, 0.2) is 5.16 Å². The highest BCUT2D eigenvalue weighted by molar-refractivity contribution is 7.99. The number of rotatable bonds is 5. The Morgan fingerprint density at radius 3 is 3.05 bits per heavy atom. The smallest absolute Gasteiger partial charge is 0.233 e. The van der Waals surface area contributed by atoms with Gasteiger partial charge in [0, 0.05) is 6.54 Å². The van der Waals surface area contributed by atoms with Gasteiger partial charge in [-0.25, -0.2) is 4.68 Å². The van der Waals surface area contributed by atoms with Gasteiger partial charge < -0.3 is 14.7 Å². The highest BCUT2D eigenvalue weighted by atomic mass is 32.2. The van der Waals surface area contributed by atoms with Crippen LogP contribution in [0.25, 0.3) is 0 Å². The molecular formula is C12H19N5O3S. The average molecular weight is 313 g/mol. The minimum absolute atomic E-state index is 0.0274. The molecule has 0 radical (unpaired) electrons. The molecule has 21 heavy (non-hydrogen) atoms. The highest BCUT2D eigenvalue weighted by Crippen LogP contribution is 2.36. The van der Waals surface area contributed by atoms with Crippen molar-refractivity contribution in [3.63, 3.8) is 0 Å². The van der Waals surface area contributed by atoms with E-state index in [4.69, 9.17) is 9.84 Å². The van der Waals surface area contributed by atoms with Crippen molar-refractivity contribution in [3.05, 3.63) is 0 Å². The molecule has 0 bridgehead atoms. The number of aliphatic hydroxyl groups is 1. The van der Waals surface area contributed by atoms with Crippen molar-refractivity contribution in [2.45, 2.75) is 43.1 Å². The Bertz CT molecular complexity index is 507. The van der Waals surface area contributed by atoms with Gasteiger partial charge >= 0.3 is 0 Å². The van der Waals surface area contributed by atoms with Crippen LogP contribution < -0.4 is 0 Å². The van der Waals surface area contributed by atoms with Gasteiger partial charge in [-0.05, 0) is 30.2 Å². The van der Waals surface area contributed by atoms with E-state index >= 15 is 0 Å². The quantitative estimate of drug-likeness (QED) is 0.746. The molecule has 0 aromatic carbocycles. The summed E-state index contributed by atoms with van der Waals surface area (Å²) >= 11 is 1.37. The molecule has 1 aliphatic heterocycles. The van der Waals surface area contributed by atoms with E-state index in [1.54, 1.807) is 9.58 Å². The molecule has 2 unspecified atom stereocenters. The molecule has 116 valence electrons. The fraction of sp³-hybridized carbons (Fsp3) is 0.833. The van der Waals surface area contributed by atoms with E-state index in [1.807, 2.05) is 6.92 Å². The summed E-state index contributed by atoms with van der Waals surface area (Å²) in [5.74, 6) is 0.329. The summed E-state index contributed by atoms with van der Waals surface area (Å²) in [5, 5.41) is 21.5. The number of amides is 1. The molecule has 1 aliphatic carbocycles. The summed E-state index contributed by atoms with van der Waals surface area (Å²) in [4.78, 5) is 14.1. The second-order valence-corrected chi connectivity index (χ2v) is 6.40. The van der Waals surface area contributed by atoms with E-state index < -0.39 is 0 Å². The van der Waals surface area contributed by atoms with Gasteiger partial charge in [-0.3, -0.25) is 4.79 Å². The van der Waals surface area contributed by atoms with Crippen molar-refractivity contribution in [1.29, 1.82) is 0 Å². The number of ether oxygens (including phenoxy) is 1. The summed E-state index contributed by atoms with van der Waals surface area (Å²) in [6.45, 7) is 2.78. The fourth-order valence-electron chi connectivity index (χ4n) is 2.31. The number of tetrazole rings is 1. The number of carbonyl (C=O) groups is 1. The van der Waals surface area contributed by atoms with E-state index in [9.17, 15) is 4.79 Å². The normalized spacial score (nSPS) is 26.1. The minimum atomic E-state index is -0.285. The number of morpholine rings is 1. The van der Waals surface area contributed by atoms with Crippen molar-refractivity contribution < 1.29 is 14.6 Å². The van der Waals surface area contributed by atoms with E-state index in [0.717, 1.165) is 12.8 Å². The molecular weight excluding hydrogens is 294 g/mol. The predicted octanol–water partition coefficient (Wildman–Crippen LogP) is -0.292. The second kappa shape index (κ2) is 6.29. The molecule has 1 saturated carbocycles. The third kappa shape index (κ3) is 3.35. The maximum atomic E-state index is 12.4. The molecule has 1 N–H and O–H groups in total. The molecule has 1 saturated heterocycles. The molecule has 1 aromatic heterocycles. The maximum Gasteiger partial charge on any atom is 0.233 e. The van der Waals surface area contributed by atoms with Crippen molar-refractivity contribution >= 4 is 17.7 Å². The molecule has 2 atom stereocenters. The molecule has 0 spiro atoms. The zero-order chi connectivity index (χ0) is 14.8. The molecule has 1 amide bonds. The van der Waals surface area contributed by atoms with Crippen molar-refractivity contribution in [1.82, 2.24) is 25.1 Å². The highest BCUT2D eigenvalue weighted by Gasteiger charge is 2.31. The summed E-state index contributed by atoms with van der Waals surface area (Å²) in [5.41, 5.74) is 0. The minimum Gasteiger partial charge on any atom is -0.394 e. The Morgan fingerprint density at radius 1 is 1.52 bits per heavy atom. The van der Waals surface area contributed by atoms with E-state index in [-0.39, 0.29) is 24.7 Å². The molecule has 2 fully saturated rings. The largest absolute Gasteiger partial charge is 0.394 e. The van der Waals surface area contributed by atoms with Crippen molar-refractivity contribution in [3.8, 4) is 0 Å². The lowest BCUT2D eigenvalue weighted by Gasteiger charge is -2.37. The first-order valence-electron chi connectivity index (χ1n) is 7.11. The molecule has 2 aliphatic rings. The average Bonchev–Trinajstić information content (AvgIpc) is 3.24. The van der Waals surface area contributed by atoms with Crippen molar-refractivity contribution in [2.75, 3.05) is 25.5 Å². The number of thioether (sulfide) groups is 1.